The molecule has 24 heavy (non-hydrogen) atoms. The highest BCUT2D eigenvalue weighted by molar-refractivity contribution is 7.22. The van der Waals surface area contributed by atoms with Gasteiger partial charge in [-0.3, -0.25) is 9.89 Å². The molecule has 0 aromatic carbocycles. The first-order valence-corrected chi connectivity index (χ1v) is 8.67. The maximum Gasteiger partial charge on any atom is 0.266 e. The third-order valence-electron chi connectivity index (χ3n) is 4.97. The Kier molecular flexibility index (Phi) is 3.25. The zero-order valence-electron chi connectivity index (χ0n) is 13.8. The number of aromatic nitrogens is 3. The standard InChI is InChI=1S/C17H19N3O3S/c1-16(2,22)17(3)14-10(4-5-23-17)11-6-12(9-7-18-19-8-9)24-13(11)15(21)20-14/h6-8,22H,4-5H2,1-3H3,(H,18,19)(H,20,21)/t17-/m1/s1. The summed E-state index contributed by atoms with van der Waals surface area (Å²) in [6.45, 7) is 5.74. The Morgan fingerprint density at radius 3 is 2.92 bits per heavy atom. The Morgan fingerprint density at radius 2 is 2.25 bits per heavy atom. The summed E-state index contributed by atoms with van der Waals surface area (Å²) in [5.41, 5.74) is 0.460. The summed E-state index contributed by atoms with van der Waals surface area (Å²) in [5, 5.41) is 18.3. The van der Waals surface area contributed by atoms with E-state index in [9.17, 15) is 9.90 Å². The molecule has 0 saturated heterocycles. The van der Waals surface area contributed by atoms with Gasteiger partial charge in [0.15, 0.2) is 0 Å². The van der Waals surface area contributed by atoms with Gasteiger partial charge in [-0.05, 0) is 38.8 Å². The summed E-state index contributed by atoms with van der Waals surface area (Å²) in [7, 11) is 0. The number of nitrogens with zero attached hydrogens (tertiary/aromatic N) is 1. The van der Waals surface area contributed by atoms with E-state index in [1.54, 1.807) is 20.0 Å². The first kappa shape index (κ1) is 15.6. The third kappa shape index (κ3) is 2.08. The van der Waals surface area contributed by atoms with E-state index in [1.165, 1.54) is 11.3 Å². The lowest BCUT2D eigenvalue weighted by atomic mass is 9.79. The molecular formula is C17H19N3O3S. The van der Waals surface area contributed by atoms with Crippen LogP contribution in [0.4, 0.5) is 0 Å². The van der Waals surface area contributed by atoms with Crippen LogP contribution in [0.5, 0.6) is 0 Å². The molecule has 4 heterocycles. The molecule has 4 rings (SSSR count). The summed E-state index contributed by atoms with van der Waals surface area (Å²) in [5.74, 6) is 0. The summed E-state index contributed by atoms with van der Waals surface area (Å²) < 4.78 is 6.61. The van der Waals surface area contributed by atoms with Crippen molar-refractivity contribution in [2.24, 2.45) is 0 Å². The van der Waals surface area contributed by atoms with Crippen LogP contribution in [0.15, 0.2) is 23.3 Å². The quantitative estimate of drug-likeness (QED) is 0.666. The fourth-order valence-electron chi connectivity index (χ4n) is 3.27. The highest BCUT2D eigenvalue weighted by Gasteiger charge is 2.47. The minimum absolute atomic E-state index is 0.149. The van der Waals surface area contributed by atoms with Gasteiger partial charge in [0.05, 0.1) is 24.1 Å². The zero-order valence-corrected chi connectivity index (χ0v) is 14.6. The predicted octanol–water partition coefficient (Wildman–Crippen LogP) is 2.54. The van der Waals surface area contributed by atoms with Gasteiger partial charge in [-0.2, -0.15) is 5.10 Å². The van der Waals surface area contributed by atoms with Crippen LogP contribution in [0, 0.1) is 0 Å². The van der Waals surface area contributed by atoms with Crippen LogP contribution in [0.1, 0.15) is 32.0 Å². The molecule has 0 fully saturated rings. The van der Waals surface area contributed by atoms with Gasteiger partial charge in [-0.25, -0.2) is 0 Å². The lowest BCUT2D eigenvalue weighted by molar-refractivity contribution is -0.172. The second-order valence-electron chi connectivity index (χ2n) is 6.84. The summed E-state index contributed by atoms with van der Waals surface area (Å²) in [6.07, 6.45) is 4.26. The van der Waals surface area contributed by atoms with E-state index < -0.39 is 11.2 Å². The molecule has 1 aliphatic rings. The van der Waals surface area contributed by atoms with Crippen LogP contribution in [-0.2, 0) is 16.8 Å². The van der Waals surface area contributed by atoms with Crippen molar-refractivity contribution in [1.82, 2.24) is 15.2 Å². The van der Waals surface area contributed by atoms with Gasteiger partial charge in [0.1, 0.15) is 10.3 Å². The predicted molar refractivity (Wildman–Crippen MR) is 93.3 cm³/mol. The van der Waals surface area contributed by atoms with E-state index in [0.29, 0.717) is 23.4 Å². The minimum atomic E-state index is -1.12. The van der Waals surface area contributed by atoms with Crippen LogP contribution in [0.2, 0.25) is 0 Å². The number of thiophene rings is 1. The van der Waals surface area contributed by atoms with Crippen LogP contribution in [0.25, 0.3) is 20.5 Å². The summed E-state index contributed by atoms with van der Waals surface area (Å²) >= 11 is 1.46. The molecular weight excluding hydrogens is 326 g/mol. The van der Waals surface area contributed by atoms with Gasteiger partial charge < -0.3 is 14.8 Å². The lowest BCUT2D eigenvalue weighted by Crippen LogP contribution is -2.51. The highest BCUT2D eigenvalue weighted by atomic mass is 32.1. The van der Waals surface area contributed by atoms with Crippen molar-refractivity contribution in [3.05, 3.63) is 40.1 Å². The SMILES string of the molecule is CC(C)(O)[C@]1(C)OCCc2c1[nH]c(=O)c1sc(-c3cn[nH]c3)cc21. The molecule has 0 aliphatic carbocycles. The van der Waals surface area contributed by atoms with Crippen molar-refractivity contribution in [2.45, 2.75) is 38.4 Å². The Bertz CT molecular complexity index is 966. The lowest BCUT2D eigenvalue weighted by Gasteiger charge is -2.43. The van der Waals surface area contributed by atoms with E-state index >= 15 is 0 Å². The topological polar surface area (TPSA) is 91.0 Å². The average Bonchev–Trinajstić information content (AvgIpc) is 3.16. The monoisotopic (exact) mass is 345 g/mol. The van der Waals surface area contributed by atoms with Gasteiger partial charge >= 0.3 is 0 Å². The highest BCUT2D eigenvalue weighted by Crippen LogP contribution is 2.43. The molecule has 0 spiro atoms. The molecule has 0 bridgehead atoms. The van der Waals surface area contributed by atoms with Gasteiger partial charge in [-0.1, -0.05) is 0 Å². The van der Waals surface area contributed by atoms with Crippen LogP contribution >= 0.6 is 11.3 Å². The van der Waals surface area contributed by atoms with Crippen molar-refractivity contribution >= 4 is 21.4 Å². The number of hydrogen-bond donors (Lipinski definition) is 3. The van der Waals surface area contributed by atoms with Crippen molar-refractivity contribution in [2.75, 3.05) is 6.61 Å². The molecule has 6 nitrogen and oxygen atoms in total. The molecule has 3 aromatic heterocycles. The number of rotatable bonds is 2. The van der Waals surface area contributed by atoms with Crippen molar-refractivity contribution in [1.29, 1.82) is 0 Å². The van der Waals surface area contributed by atoms with E-state index in [-0.39, 0.29) is 5.56 Å². The molecule has 0 amide bonds. The number of pyridine rings is 1. The van der Waals surface area contributed by atoms with Crippen LogP contribution < -0.4 is 5.56 Å². The van der Waals surface area contributed by atoms with E-state index in [2.05, 4.69) is 15.2 Å². The normalized spacial score (nSPS) is 21.2. The van der Waals surface area contributed by atoms with Gasteiger partial charge in [-0.15, -0.1) is 11.3 Å². The molecule has 3 N–H and O–H groups in total. The Balaban J connectivity index is 2.01. The number of aromatic amines is 2. The van der Waals surface area contributed by atoms with Crippen LogP contribution in [0.3, 0.4) is 0 Å². The number of H-pyrrole nitrogens is 2. The molecule has 3 aromatic rings. The van der Waals surface area contributed by atoms with E-state index in [0.717, 1.165) is 21.4 Å². The van der Waals surface area contributed by atoms with Gasteiger partial charge in [0, 0.05) is 22.0 Å². The maximum atomic E-state index is 12.6. The van der Waals surface area contributed by atoms with E-state index in [4.69, 9.17) is 4.74 Å². The number of nitrogens with one attached hydrogen (secondary N) is 2. The second kappa shape index (κ2) is 5.02. The molecule has 0 radical (unpaired) electrons. The molecule has 1 atom stereocenters. The maximum absolute atomic E-state index is 12.6. The van der Waals surface area contributed by atoms with E-state index in [1.807, 2.05) is 19.2 Å². The van der Waals surface area contributed by atoms with Gasteiger partial charge in [0.2, 0.25) is 0 Å². The number of aliphatic hydroxyl groups is 1. The number of fused-ring (bicyclic) bond motifs is 3. The first-order chi connectivity index (χ1) is 11.3. The number of ether oxygens (including phenoxy) is 1. The Morgan fingerprint density at radius 1 is 1.46 bits per heavy atom. The average molecular weight is 345 g/mol. The van der Waals surface area contributed by atoms with Crippen molar-refractivity contribution in [3.8, 4) is 10.4 Å². The molecule has 7 heteroatoms. The first-order valence-electron chi connectivity index (χ1n) is 7.86. The molecule has 0 unspecified atom stereocenters. The minimum Gasteiger partial charge on any atom is -0.387 e. The molecule has 0 saturated carbocycles. The van der Waals surface area contributed by atoms with Crippen LogP contribution in [-0.4, -0.2) is 32.5 Å². The smallest absolute Gasteiger partial charge is 0.266 e. The molecule has 1 aliphatic heterocycles. The largest absolute Gasteiger partial charge is 0.387 e. The zero-order chi connectivity index (χ0) is 17.1. The Hall–Kier alpha value is -1.96. The Labute approximate surface area is 142 Å². The summed E-state index contributed by atoms with van der Waals surface area (Å²) in [6, 6.07) is 2.04. The second-order valence-corrected chi connectivity index (χ2v) is 7.89. The third-order valence-corrected chi connectivity index (χ3v) is 6.16. The van der Waals surface area contributed by atoms with Crippen molar-refractivity contribution in [3.63, 3.8) is 0 Å². The summed E-state index contributed by atoms with van der Waals surface area (Å²) in [4.78, 5) is 16.6. The fraction of sp³-hybridized carbons (Fsp3) is 0.412. The number of hydrogen-bond acceptors (Lipinski definition) is 5. The molecule has 126 valence electrons. The van der Waals surface area contributed by atoms with Crippen molar-refractivity contribution < 1.29 is 9.84 Å². The fourth-order valence-corrected chi connectivity index (χ4v) is 4.33. The van der Waals surface area contributed by atoms with Gasteiger partial charge in [0.25, 0.3) is 5.56 Å².